The summed E-state index contributed by atoms with van der Waals surface area (Å²) in [7, 11) is 1.85. The van der Waals surface area contributed by atoms with Crippen molar-refractivity contribution in [3.8, 4) is 0 Å². The highest BCUT2D eigenvalue weighted by Crippen LogP contribution is 2.11. The fourth-order valence-electron chi connectivity index (χ4n) is 3.34. The molecule has 1 aliphatic heterocycles. The van der Waals surface area contributed by atoms with E-state index in [1.807, 2.05) is 7.05 Å². The van der Waals surface area contributed by atoms with E-state index in [9.17, 15) is 0 Å². The van der Waals surface area contributed by atoms with Crippen LogP contribution in [-0.4, -0.2) is 65.7 Å². The van der Waals surface area contributed by atoms with Crippen molar-refractivity contribution in [2.75, 3.05) is 39.8 Å². The molecule has 0 unspecified atom stereocenters. The first-order chi connectivity index (χ1) is 13.7. The van der Waals surface area contributed by atoms with Crippen molar-refractivity contribution < 1.29 is 4.52 Å². The topological polar surface area (TPSA) is 69.8 Å². The SMILES string of the molecule is CN=C(NCCCc1nc(C(C)C)no1)N1CCN(Cc2ccccc2)CC1.I. The van der Waals surface area contributed by atoms with Gasteiger partial charge in [0, 0.05) is 58.7 Å². The van der Waals surface area contributed by atoms with Gasteiger partial charge in [-0.3, -0.25) is 9.89 Å². The molecule has 1 N–H and O–H groups in total. The summed E-state index contributed by atoms with van der Waals surface area (Å²) in [6.45, 7) is 10.1. The number of aliphatic imine (C=N–C) groups is 1. The Morgan fingerprint density at radius 2 is 1.90 bits per heavy atom. The van der Waals surface area contributed by atoms with Crippen LogP contribution in [0.1, 0.15) is 43.5 Å². The zero-order valence-electron chi connectivity index (χ0n) is 17.7. The average molecular weight is 512 g/mol. The van der Waals surface area contributed by atoms with Crippen molar-refractivity contribution in [2.24, 2.45) is 4.99 Å². The van der Waals surface area contributed by atoms with E-state index in [0.717, 1.165) is 69.8 Å². The molecule has 1 aromatic carbocycles. The van der Waals surface area contributed by atoms with Crippen LogP contribution in [0.3, 0.4) is 0 Å². The number of hydrogen-bond acceptors (Lipinski definition) is 5. The third-order valence-electron chi connectivity index (χ3n) is 4.98. The molecule has 0 saturated carbocycles. The summed E-state index contributed by atoms with van der Waals surface area (Å²) >= 11 is 0. The molecule has 0 radical (unpaired) electrons. The van der Waals surface area contributed by atoms with E-state index in [1.165, 1.54) is 5.56 Å². The number of guanidine groups is 1. The van der Waals surface area contributed by atoms with Crippen LogP contribution in [0.4, 0.5) is 0 Å². The third-order valence-corrected chi connectivity index (χ3v) is 4.98. The molecule has 0 aliphatic carbocycles. The lowest BCUT2D eigenvalue weighted by atomic mass is 10.2. The van der Waals surface area contributed by atoms with E-state index in [-0.39, 0.29) is 24.0 Å². The van der Waals surface area contributed by atoms with E-state index in [1.54, 1.807) is 0 Å². The molecule has 1 aromatic heterocycles. The Balaban J connectivity index is 0.00000300. The van der Waals surface area contributed by atoms with Crippen molar-refractivity contribution in [3.05, 3.63) is 47.6 Å². The number of halogens is 1. The summed E-state index contributed by atoms with van der Waals surface area (Å²) in [5, 5.41) is 7.48. The van der Waals surface area contributed by atoms with Crippen LogP contribution in [0.15, 0.2) is 39.8 Å². The molecular formula is C21H33IN6O. The number of aromatic nitrogens is 2. The molecule has 2 aromatic rings. The maximum absolute atomic E-state index is 5.30. The second-order valence-electron chi connectivity index (χ2n) is 7.53. The number of rotatable bonds is 7. The molecule has 29 heavy (non-hydrogen) atoms. The van der Waals surface area contributed by atoms with Crippen molar-refractivity contribution in [1.82, 2.24) is 25.3 Å². The summed E-state index contributed by atoms with van der Waals surface area (Å²) < 4.78 is 5.30. The Morgan fingerprint density at radius 3 is 2.52 bits per heavy atom. The number of nitrogens with zero attached hydrogens (tertiary/aromatic N) is 5. The molecule has 7 nitrogen and oxygen atoms in total. The van der Waals surface area contributed by atoms with E-state index >= 15 is 0 Å². The predicted octanol–water partition coefficient (Wildman–Crippen LogP) is 3.14. The molecular weight excluding hydrogens is 479 g/mol. The van der Waals surface area contributed by atoms with Crippen LogP contribution in [0.5, 0.6) is 0 Å². The zero-order valence-corrected chi connectivity index (χ0v) is 20.0. The lowest BCUT2D eigenvalue weighted by Crippen LogP contribution is -2.52. The molecule has 1 saturated heterocycles. The minimum absolute atomic E-state index is 0. The summed E-state index contributed by atoms with van der Waals surface area (Å²) in [6, 6.07) is 10.7. The van der Waals surface area contributed by atoms with Gasteiger partial charge in [-0.2, -0.15) is 4.98 Å². The van der Waals surface area contributed by atoms with E-state index in [2.05, 4.69) is 74.4 Å². The molecule has 1 aliphatic rings. The van der Waals surface area contributed by atoms with Gasteiger partial charge in [-0.1, -0.05) is 49.3 Å². The minimum Gasteiger partial charge on any atom is -0.356 e. The Kier molecular flexibility index (Phi) is 9.86. The maximum atomic E-state index is 5.30. The number of piperazine rings is 1. The quantitative estimate of drug-likeness (QED) is 0.266. The molecule has 3 rings (SSSR count). The molecule has 0 spiro atoms. The summed E-state index contributed by atoms with van der Waals surface area (Å²) in [6.07, 6.45) is 1.72. The lowest BCUT2D eigenvalue weighted by Gasteiger charge is -2.36. The van der Waals surface area contributed by atoms with E-state index < -0.39 is 0 Å². The molecule has 0 amide bonds. The van der Waals surface area contributed by atoms with E-state index in [0.29, 0.717) is 5.92 Å². The van der Waals surface area contributed by atoms with Gasteiger partial charge in [0.1, 0.15) is 0 Å². The van der Waals surface area contributed by atoms with Crippen LogP contribution in [-0.2, 0) is 13.0 Å². The minimum atomic E-state index is 0. The van der Waals surface area contributed by atoms with Crippen LogP contribution in [0.25, 0.3) is 0 Å². The molecule has 0 atom stereocenters. The van der Waals surface area contributed by atoms with E-state index in [4.69, 9.17) is 4.52 Å². The fourth-order valence-corrected chi connectivity index (χ4v) is 3.34. The average Bonchev–Trinajstić information content (AvgIpc) is 3.19. The van der Waals surface area contributed by atoms with Crippen molar-refractivity contribution in [3.63, 3.8) is 0 Å². The highest BCUT2D eigenvalue weighted by molar-refractivity contribution is 14.0. The van der Waals surface area contributed by atoms with Crippen LogP contribution in [0, 0.1) is 0 Å². The number of hydrogen-bond donors (Lipinski definition) is 1. The van der Waals surface area contributed by atoms with Gasteiger partial charge >= 0.3 is 0 Å². The normalized spacial score (nSPS) is 15.4. The van der Waals surface area contributed by atoms with Crippen molar-refractivity contribution >= 4 is 29.9 Å². The third kappa shape index (κ3) is 7.26. The first-order valence-electron chi connectivity index (χ1n) is 10.2. The monoisotopic (exact) mass is 512 g/mol. The van der Waals surface area contributed by atoms with Gasteiger partial charge in [-0.05, 0) is 12.0 Å². The maximum Gasteiger partial charge on any atom is 0.226 e. The lowest BCUT2D eigenvalue weighted by molar-refractivity contribution is 0.172. The number of benzene rings is 1. The predicted molar refractivity (Wildman–Crippen MR) is 127 cm³/mol. The smallest absolute Gasteiger partial charge is 0.226 e. The molecule has 0 bridgehead atoms. The standard InChI is InChI=1S/C21H32N6O.HI/c1-17(2)20-24-19(28-25-20)10-7-11-23-21(22-3)27-14-12-26(13-15-27)16-18-8-5-4-6-9-18;/h4-6,8-9,17H,7,10-16H2,1-3H3,(H,22,23);1H. The first-order valence-corrected chi connectivity index (χ1v) is 10.2. The Hall–Kier alpha value is -1.68. The Labute approximate surface area is 191 Å². The van der Waals surface area contributed by atoms with Gasteiger partial charge in [-0.25, -0.2) is 0 Å². The van der Waals surface area contributed by atoms with Crippen molar-refractivity contribution in [1.29, 1.82) is 0 Å². The molecule has 8 heteroatoms. The number of nitrogens with one attached hydrogen (secondary N) is 1. The van der Waals surface area contributed by atoms with Gasteiger partial charge in [0.05, 0.1) is 0 Å². The zero-order chi connectivity index (χ0) is 19.8. The molecule has 160 valence electrons. The summed E-state index contributed by atoms with van der Waals surface area (Å²) in [5.74, 6) is 2.78. The summed E-state index contributed by atoms with van der Waals surface area (Å²) in [4.78, 5) is 13.7. The van der Waals surface area contributed by atoms with Gasteiger partial charge in [0.2, 0.25) is 5.89 Å². The van der Waals surface area contributed by atoms with Gasteiger partial charge in [0.15, 0.2) is 11.8 Å². The van der Waals surface area contributed by atoms with Crippen LogP contribution >= 0.6 is 24.0 Å². The second kappa shape index (κ2) is 12.1. The summed E-state index contributed by atoms with van der Waals surface area (Å²) in [5.41, 5.74) is 1.38. The Bertz CT molecular complexity index is 741. The van der Waals surface area contributed by atoms with Gasteiger partial charge in [0.25, 0.3) is 0 Å². The number of aryl methyl sites for hydroxylation is 1. The first kappa shape index (κ1) is 23.6. The van der Waals surface area contributed by atoms with Gasteiger partial charge in [-0.15, -0.1) is 24.0 Å². The van der Waals surface area contributed by atoms with Crippen LogP contribution in [0.2, 0.25) is 0 Å². The second-order valence-corrected chi connectivity index (χ2v) is 7.53. The van der Waals surface area contributed by atoms with Crippen molar-refractivity contribution in [2.45, 2.75) is 39.2 Å². The fraction of sp³-hybridized carbons (Fsp3) is 0.571. The Morgan fingerprint density at radius 1 is 1.17 bits per heavy atom. The highest BCUT2D eigenvalue weighted by atomic mass is 127. The molecule has 2 heterocycles. The highest BCUT2D eigenvalue weighted by Gasteiger charge is 2.19. The molecule has 1 fully saturated rings. The van der Waals surface area contributed by atoms with Crippen LogP contribution < -0.4 is 5.32 Å². The largest absolute Gasteiger partial charge is 0.356 e. The van der Waals surface area contributed by atoms with Gasteiger partial charge < -0.3 is 14.7 Å².